The maximum absolute atomic E-state index is 4.59. The van der Waals surface area contributed by atoms with Crippen LogP contribution in [0.4, 0.5) is 0 Å². The highest BCUT2D eigenvalue weighted by atomic mass is 14.9. The molecule has 0 aliphatic heterocycles. The molecule has 0 bridgehead atoms. The standard InChI is InChI=1S/C27H20N2/c1-2-7-20(8-3-1)17-22-14-16-23-15-13-21(18-24(23)19-22)9-6-12-27-28-25-10-4-5-11-26(25)29-27/h1-5,7-8,10-11,13-16,18-19H,12,17H2,(H,28,29). The molecular weight excluding hydrogens is 352 g/mol. The number of nitrogens with zero attached hydrogens (tertiary/aromatic N) is 1. The van der Waals surface area contributed by atoms with Crippen molar-refractivity contribution in [3.8, 4) is 11.8 Å². The lowest BCUT2D eigenvalue weighted by atomic mass is 10.00. The van der Waals surface area contributed by atoms with Gasteiger partial charge in [-0.05, 0) is 52.6 Å². The second kappa shape index (κ2) is 7.66. The van der Waals surface area contributed by atoms with Crippen molar-refractivity contribution in [2.75, 3.05) is 0 Å². The molecule has 0 aliphatic rings. The molecule has 0 atom stereocenters. The molecule has 2 heteroatoms. The maximum Gasteiger partial charge on any atom is 0.119 e. The van der Waals surface area contributed by atoms with E-state index in [9.17, 15) is 0 Å². The summed E-state index contributed by atoms with van der Waals surface area (Å²) in [6.45, 7) is 0. The summed E-state index contributed by atoms with van der Waals surface area (Å²) in [4.78, 5) is 7.92. The predicted molar refractivity (Wildman–Crippen MR) is 120 cm³/mol. The first-order valence-corrected chi connectivity index (χ1v) is 9.83. The van der Waals surface area contributed by atoms with Gasteiger partial charge >= 0.3 is 0 Å². The van der Waals surface area contributed by atoms with E-state index in [0.29, 0.717) is 6.42 Å². The number of imidazole rings is 1. The van der Waals surface area contributed by atoms with Crippen LogP contribution in [0.15, 0.2) is 91.0 Å². The first-order valence-electron chi connectivity index (χ1n) is 9.83. The van der Waals surface area contributed by atoms with E-state index in [-0.39, 0.29) is 0 Å². The molecule has 0 unspecified atom stereocenters. The van der Waals surface area contributed by atoms with Crippen LogP contribution >= 0.6 is 0 Å². The summed E-state index contributed by atoms with van der Waals surface area (Å²) < 4.78 is 0. The van der Waals surface area contributed by atoms with Crippen molar-refractivity contribution >= 4 is 21.8 Å². The van der Waals surface area contributed by atoms with E-state index in [1.165, 1.54) is 21.9 Å². The van der Waals surface area contributed by atoms with Gasteiger partial charge in [0.15, 0.2) is 0 Å². The molecular formula is C27H20N2. The normalized spacial score (nSPS) is 10.8. The minimum Gasteiger partial charge on any atom is -0.341 e. The Balaban J connectivity index is 1.37. The zero-order valence-corrected chi connectivity index (χ0v) is 16.0. The molecule has 1 aromatic heterocycles. The van der Waals surface area contributed by atoms with Crippen molar-refractivity contribution in [2.45, 2.75) is 12.8 Å². The fourth-order valence-corrected chi connectivity index (χ4v) is 3.63. The smallest absolute Gasteiger partial charge is 0.119 e. The molecule has 0 saturated carbocycles. The van der Waals surface area contributed by atoms with Crippen LogP contribution in [-0.2, 0) is 12.8 Å². The zero-order chi connectivity index (χ0) is 19.5. The van der Waals surface area contributed by atoms with E-state index in [2.05, 4.69) is 88.5 Å². The summed E-state index contributed by atoms with van der Waals surface area (Å²) in [7, 11) is 0. The molecule has 2 nitrogen and oxygen atoms in total. The molecule has 138 valence electrons. The van der Waals surface area contributed by atoms with Gasteiger partial charge in [-0.25, -0.2) is 4.98 Å². The number of fused-ring (bicyclic) bond motifs is 2. The number of rotatable bonds is 3. The number of benzene rings is 4. The van der Waals surface area contributed by atoms with Gasteiger partial charge in [0.1, 0.15) is 5.82 Å². The molecule has 0 fully saturated rings. The third-order valence-electron chi connectivity index (χ3n) is 5.08. The highest BCUT2D eigenvalue weighted by Crippen LogP contribution is 2.20. The molecule has 0 radical (unpaired) electrons. The first-order chi connectivity index (χ1) is 14.3. The topological polar surface area (TPSA) is 28.7 Å². The Bertz CT molecular complexity index is 1320. The number of nitrogens with one attached hydrogen (secondary N) is 1. The molecule has 5 rings (SSSR count). The monoisotopic (exact) mass is 372 g/mol. The van der Waals surface area contributed by atoms with Gasteiger partial charge in [-0.3, -0.25) is 0 Å². The van der Waals surface area contributed by atoms with Crippen LogP contribution in [0.3, 0.4) is 0 Å². The van der Waals surface area contributed by atoms with E-state index in [4.69, 9.17) is 0 Å². The minimum atomic E-state index is 0.612. The van der Waals surface area contributed by atoms with Gasteiger partial charge in [0, 0.05) is 5.56 Å². The van der Waals surface area contributed by atoms with Gasteiger partial charge in [0.25, 0.3) is 0 Å². The highest BCUT2D eigenvalue weighted by Gasteiger charge is 2.01. The summed E-state index contributed by atoms with van der Waals surface area (Å²) in [5.41, 5.74) is 5.72. The lowest BCUT2D eigenvalue weighted by molar-refractivity contribution is 1.09. The zero-order valence-electron chi connectivity index (χ0n) is 16.0. The number of aromatic nitrogens is 2. The van der Waals surface area contributed by atoms with Crippen LogP contribution < -0.4 is 0 Å². The Labute approximate surface area is 170 Å². The summed E-state index contributed by atoms with van der Waals surface area (Å²) in [5, 5.41) is 2.47. The summed E-state index contributed by atoms with van der Waals surface area (Å²) in [6.07, 6.45) is 1.56. The minimum absolute atomic E-state index is 0.612. The number of hydrogen-bond acceptors (Lipinski definition) is 1. The third kappa shape index (κ3) is 3.90. The van der Waals surface area contributed by atoms with E-state index in [1.54, 1.807) is 0 Å². The Morgan fingerprint density at radius 3 is 2.45 bits per heavy atom. The average molecular weight is 372 g/mol. The lowest BCUT2D eigenvalue weighted by Gasteiger charge is -2.05. The van der Waals surface area contributed by atoms with Gasteiger partial charge < -0.3 is 4.98 Å². The molecule has 5 aromatic rings. The molecule has 0 amide bonds. The van der Waals surface area contributed by atoms with Crippen molar-refractivity contribution in [1.29, 1.82) is 0 Å². The van der Waals surface area contributed by atoms with E-state index < -0.39 is 0 Å². The van der Waals surface area contributed by atoms with Crippen LogP contribution in [0.5, 0.6) is 0 Å². The van der Waals surface area contributed by atoms with Gasteiger partial charge in [0.2, 0.25) is 0 Å². The van der Waals surface area contributed by atoms with Crippen LogP contribution in [0.2, 0.25) is 0 Å². The molecule has 0 aliphatic carbocycles. The van der Waals surface area contributed by atoms with Crippen molar-refractivity contribution < 1.29 is 0 Å². The van der Waals surface area contributed by atoms with E-state index in [1.807, 2.05) is 24.3 Å². The number of H-pyrrole nitrogens is 1. The Kier molecular flexibility index (Phi) is 4.56. The van der Waals surface area contributed by atoms with Gasteiger partial charge in [0.05, 0.1) is 17.5 Å². The average Bonchev–Trinajstić information content (AvgIpc) is 3.17. The highest BCUT2D eigenvalue weighted by molar-refractivity contribution is 5.84. The second-order valence-corrected chi connectivity index (χ2v) is 7.24. The number of hydrogen-bond donors (Lipinski definition) is 1. The van der Waals surface area contributed by atoms with Crippen molar-refractivity contribution in [3.05, 3.63) is 114 Å². The van der Waals surface area contributed by atoms with Crippen LogP contribution in [0.1, 0.15) is 22.5 Å². The predicted octanol–water partition coefficient (Wildman–Crippen LogP) is 5.90. The van der Waals surface area contributed by atoms with Crippen molar-refractivity contribution in [3.63, 3.8) is 0 Å². The first kappa shape index (κ1) is 17.3. The Morgan fingerprint density at radius 2 is 1.55 bits per heavy atom. The largest absolute Gasteiger partial charge is 0.341 e. The van der Waals surface area contributed by atoms with Crippen LogP contribution in [0.25, 0.3) is 21.8 Å². The molecule has 1 heterocycles. The fourth-order valence-electron chi connectivity index (χ4n) is 3.63. The van der Waals surface area contributed by atoms with E-state index >= 15 is 0 Å². The van der Waals surface area contributed by atoms with Crippen LogP contribution in [0, 0.1) is 11.8 Å². The number of aromatic amines is 1. The third-order valence-corrected chi connectivity index (χ3v) is 5.08. The van der Waals surface area contributed by atoms with Crippen molar-refractivity contribution in [2.24, 2.45) is 0 Å². The van der Waals surface area contributed by atoms with Gasteiger partial charge in [-0.1, -0.05) is 78.6 Å². The SMILES string of the molecule is C(#Cc1ccc2ccc(Cc3ccccc3)cc2c1)Cc1nc2ccccc2[nH]1. The summed E-state index contributed by atoms with van der Waals surface area (Å²) >= 11 is 0. The maximum atomic E-state index is 4.59. The quantitative estimate of drug-likeness (QED) is 0.392. The fraction of sp³-hybridized carbons (Fsp3) is 0.0741. The van der Waals surface area contributed by atoms with Crippen molar-refractivity contribution in [1.82, 2.24) is 9.97 Å². The van der Waals surface area contributed by atoms with Crippen LogP contribution in [-0.4, -0.2) is 9.97 Å². The molecule has 0 saturated heterocycles. The summed E-state index contributed by atoms with van der Waals surface area (Å²) in [5.74, 6) is 7.45. The molecule has 29 heavy (non-hydrogen) atoms. The van der Waals surface area contributed by atoms with Gasteiger partial charge in [-0.2, -0.15) is 0 Å². The van der Waals surface area contributed by atoms with E-state index in [0.717, 1.165) is 28.8 Å². The Hall–Kier alpha value is -3.83. The number of para-hydroxylation sites is 2. The molecule has 1 N–H and O–H groups in total. The molecule has 4 aromatic carbocycles. The second-order valence-electron chi connectivity index (χ2n) is 7.24. The lowest BCUT2D eigenvalue weighted by Crippen LogP contribution is -1.88. The molecule has 0 spiro atoms. The summed E-state index contributed by atoms with van der Waals surface area (Å²) in [6, 6.07) is 31.7. The Morgan fingerprint density at radius 1 is 0.724 bits per heavy atom. The van der Waals surface area contributed by atoms with Gasteiger partial charge in [-0.15, -0.1) is 0 Å².